The maximum atomic E-state index is 6.25. The van der Waals surface area contributed by atoms with E-state index in [0.29, 0.717) is 6.04 Å². The van der Waals surface area contributed by atoms with Crippen molar-refractivity contribution in [3.05, 3.63) is 16.4 Å². The summed E-state index contributed by atoms with van der Waals surface area (Å²) in [4.78, 5) is 0. The minimum atomic E-state index is 0.644. The topological polar surface area (TPSA) is 29.9 Å². The zero-order chi connectivity index (χ0) is 13.1. The second-order valence-electron chi connectivity index (χ2n) is 5.67. The van der Waals surface area contributed by atoms with E-state index in [1.54, 1.807) is 4.68 Å². The molecule has 0 bridgehead atoms. The molecule has 0 aliphatic heterocycles. The van der Waals surface area contributed by atoms with E-state index in [1.165, 1.54) is 32.1 Å². The highest BCUT2D eigenvalue weighted by Gasteiger charge is 2.17. The highest BCUT2D eigenvalue weighted by molar-refractivity contribution is 6.30. The largest absolute Gasteiger partial charge is 0.310 e. The fourth-order valence-corrected chi connectivity index (χ4v) is 3.05. The van der Waals surface area contributed by atoms with E-state index >= 15 is 0 Å². The Labute approximate surface area is 115 Å². The SMILES string of the molecule is Cc1nn(C)c(Cl)c1CNC1CCCC(C)CC1. The minimum Gasteiger partial charge on any atom is -0.310 e. The van der Waals surface area contributed by atoms with Crippen LogP contribution in [0.3, 0.4) is 0 Å². The van der Waals surface area contributed by atoms with Gasteiger partial charge in [0.05, 0.1) is 5.69 Å². The lowest BCUT2D eigenvalue weighted by Gasteiger charge is -2.16. The van der Waals surface area contributed by atoms with E-state index in [0.717, 1.165) is 28.9 Å². The van der Waals surface area contributed by atoms with Gasteiger partial charge in [-0.15, -0.1) is 0 Å². The van der Waals surface area contributed by atoms with Crippen LogP contribution in [-0.2, 0) is 13.6 Å². The van der Waals surface area contributed by atoms with Crippen molar-refractivity contribution in [2.24, 2.45) is 13.0 Å². The Bertz CT molecular complexity index is 400. The first-order valence-electron chi connectivity index (χ1n) is 6.99. The summed E-state index contributed by atoms with van der Waals surface area (Å²) < 4.78 is 1.75. The van der Waals surface area contributed by atoms with E-state index in [-0.39, 0.29) is 0 Å². The smallest absolute Gasteiger partial charge is 0.131 e. The maximum Gasteiger partial charge on any atom is 0.131 e. The van der Waals surface area contributed by atoms with Crippen LogP contribution in [0.4, 0.5) is 0 Å². The van der Waals surface area contributed by atoms with Gasteiger partial charge in [-0.1, -0.05) is 31.4 Å². The van der Waals surface area contributed by atoms with Gasteiger partial charge in [-0.3, -0.25) is 4.68 Å². The molecule has 2 rings (SSSR count). The lowest BCUT2D eigenvalue weighted by atomic mass is 10.0. The number of hydrogen-bond acceptors (Lipinski definition) is 2. The second-order valence-corrected chi connectivity index (χ2v) is 6.03. The third kappa shape index (κ3) is 3.27. The quantitative estimate of drug-likeness (QED) is 0.852. The van der Waals surface area contributed by atoms with Gasteiger partial charge >= 0.3 is 0 Å². The van der Waals surface area contributed by atoms with Gasteiger partial charge in [-0.05, 0) is 32.1 Å². The first kappa shape index (κ1) is 13.9. The van der Waals surface area contributed by atoms with Gasteiger partial charge in [0.15, 0.2) is 0 Å². The molecule has 102 valence electrons. The van der Waals surface area contributed by atoms with Gasteiger partial charge in [-0.2, -0.15) is 5.10 Å². The third-order valence-corrected chi connectivity index (χ3v) is 4.57. The van der Waals surface area contributed by atoms with Gasteiger partial charge in [0.1, 0.15) is 5.15 Å². The van der Waals surface area contributed by atoms with Gasteiger partial charge < -0.3 is 5.32 Å². The van der Waals surface area contributed by atoms with Crippen molar-refractivity contribution in [2.45, 2.75) is 58.5 Å². The van der Waals surface area contributed by atoms with Crippen molar-refractivity contribution >= 4 is 11.6 Å². The Kier molecular flexibility index (Phi) is 4.68. The van der Waals surface area contributed by atoms with E-state index in [4.69, 9.17) is 11.6 Å². The predicted octanol–water partition coefficient (Wildman–Crippen LogP) is 3.44. The number of aromatic nitrogens is 2. The fraction of sp³-hybridized carbons (Fsp3) is 0.786. The first-order valence-corrected chi connectivity index (χ1v) is 7.37. The number of aryl methyl sites for hydroxylation is 2. The molecule has 1 aliphatic carbocycles. The molecule has 2 atom stereocenters. The summed E-state index contributed by atoms with van der Waals surface area (Å²) in [6, 6.07) is 0.644. The van der Waals surface area contributed by atoms with E-state index in [2.05, 4.69) is 17.3 Å². The van der Waals surface area contributed by atoms with Crippen LogP contribution in [0.2, 0.25) is 5.15 Å². The van der Waals surface area contributed by atoms with Crippen molar-refractivity contribution in [1.82, 2.24) is 15.1 Å². The Morgan fingerprint density at radius 3 is 2.78 bits per heavy atom. The average Bonchev–Trinajstić information content (AvgIpc) is 2.51. The molecule has 3 nitrogen and oxygen atoms in total. The summed E-state index contributed by atoms with van der Waals surface area (Å²) >= 11 is 6.25. The van der Waals surface area contributed by atoms with Crippen molar-refractivity contribution in [3.63, 3.8) is 0 Å². The zero-order valence-electron chi connectivity index (χ0n) is 11.7. The van der Waals surface area contributed by atoms with Gasteiger partial charge in [0, 0.05) is 25.2 Å². The Balaban J connectivity index is 1.91. The molecule has 0 amide bonds. The average molecular weight is 270 g/mol. The van der Waals surface area contributed by atoms with Crippen LogP contribution in [0.25, 0.3) is 0 Å². The molecule has 0 radical (unpaired) electrons. The molecule has 1 fully saturated rings. The highest BCUT2D eigenvalue weighted by atomic mass is 35.5. The number of rotatable bonds is 3. The lowest BCUT2D eigenvalue weighted by molar-refractivity contribution is 0.447. The molecule has 1 N–H and O–H groups in total. The van der Waals surface area contributed by atoms with Gasteiger partial charge in [0.25, 0.3) is 0 Å². The molecule has 0 spiro atoms. The monoisotopic (exact) mass is 269 g/mol. The van der Waals surface area contributed by atoms with E-state index < -0.39 is 0 Å². The van der Waals surface area contributed by atoms with Gasteiger partial charge in [-0.25, -0.2) is 0 Å². The molecule has 1 aromatic rings. The van der Waals surface area contributed by atoms with Crippen LogP contribution in [-0.4, -0.2) is 15.8 Å². The van der Waals surface area contributed by atoms with Crippen molar-refractivity contribution in [1.29, 1.82) is 0 Å². The van der Waals surface area contributed by atoms with Crippen LogP contribution in [0.5, 0.6) is 0 Å². The van der Waals surface area contributed by atoms with E-state index in [1.807, 2.05) is 14.0 Å². The number of nitrogens with zero attached hydrogens (tertiary/aromatic N) is 2. The molecular weight excluding hydrogens is 246 g/mol. The minimum absolute atomic E-state index is 0.644. The zero-order valence-corrected chi connectivity index (χ0v) is 12.4. The molecule has 4 heteroatoms. The normalized spacial score (nSPS) is 25.1. The van der Waals surface area contributed by atoms with Crippen LogP contribution >= 0.6 is 11.6 Å². The molecule has 1 heterocycles. The summed E-state index contributed by atoms with van der Waals surface area (Å²) in [7, 11) is 1.90. The van der Waals surface area contributed by atoms with Crippen LogP contribution in [0.1, 0.15) is 50.3 Å². The summed E-state index contributed by atoms with van der Waals surface area (Å²) in [6.07, 6.45) is 6.65. The van der Waals surface area contributed by atoms with Crippen molar-refractivity contribution < 1.29 is 0 Å². The molecule has 1 aliphatic rings. The molecule has 18 heavy (non-hydrogen) atoms. The molecule has 1 saturated carbocycles. The fourth-order valence-electron chi connectivity index (χ4n) is 2.81. The van der Waals surface area contributed by atoms with Crippen LogP contribution < -0.4 is 5.32 Å². The van der Waals surface area contributed by atoms with Crippen LogP contribution in [0, 0.1) is 12.8 Å². The van der Waals surface area contributed by atoms with Crippen molar-refractivity contribution in [2.75, 3.05) is 0 Å². The summed E-state index contributed by atoms with van der Waals surface area (Å²) in [5.41, 5.74) is 2.19. The Morgan fingerprint density at radius 1 is 1.33 bits per heavy atom. The number of nitrogens with one attached hydrogen (secondary N) is 1. The predicted molar refractivity (Wildman–Crippen MR) is 75.8 cm³/mol. The Morgan fingerprint density at radius 2 is 2.11 bits per heavy atom. The Hall–Kier alpha value is -0.540. The highest BCUT2D eigenvalue weighted by Crippen LogP contribution is 2.24. The molecule has 0 saturated heterocycles. The summed E-state index contributed by atoms with van der Waals surface area (Å²) in [6.45, 7) is 5.24. The molecule has 2 unspecified atom stereocenters. The molecule has 1 aromatic heterocycles. The second kappa shape index (κ2) is 6.07. The standard InChI is InChI=1S/C14H24ClN3/c1-10-5-4-6-12(8-7-10)16-9-13-11(2)17-18(3)14(13)15/h10,12,16H,4-9H2,1-3H3. The third-order valence-electron chi connectivity index (χ3n) is 4.09. The summed E-state index contributed by atoms with van der Waals surface area (Å²) in [5.74, 6) is 0.889. The number of hydrogen-bond donors (Lipinski definition) is 1. The maximum absolute atomic E-state index is 6.25. The lowest BCUT2D eigenvalue weighted by Crippen LogP contribution is -2.28. The van der Waals surface area contributed by atoms with E-state index in [9.17, 15) is 0 Å². The molecular formula is C14H24ClN3. The van der Waals surface area contributed by atoms with Crippen LogP contribution in [0.15, 0.2) is 0 Å². The first-order chi connectivity index (χ1) is 8.58. The number of halogens is 1. The summed E-state index contributed by atoms with van der Waals surface area (Å²) in [5, 5.41) is 8.77. The van der Waals surface area contributed by atoms with Gasteiger partial charge in [0.2, 0.25) is 0 Å². The van der Waals surface area contributed by atoms with Crippen molar-refractivity contribution in [3.8, 4) is 0 Å². The molecule has 0 aromatic carbocycles.